The molecule has 1 saturated carbocycles. The first-order valence-electron chi connectivity index (χ1n) is 8.90. The predicted octanol–water partition coefficient (Wildman–Crippen LogP) is 4.00. The molecule has 128 valence electrons. The van der Waals surface area contributed by atoms with Crippen LogP contribution in [-0.4, -0.2) is 24.2 Å². The molecule has 1 atom stereocenters. The van der Waals surface area contributed by atoms with Gasteiger partial charge < -0.3 is 15.4 Å². The summed E-state index contributed by atoms with van der Waals surface area (Å²) in [6.07, 6.45) is 6.80. The highest BCUT2D eigenvalue weighted by atomic mass is 16.5. The molecule has 1 aromatic carbocycles. The van der Waals surface area contributed by atoms with Crippen LogP contribution in [0.5, 0.6) is 0 Å². The molecule has 1 amide bonds. The van der Waals surface area contributed by atoms with Gasteiger partial charge in [0.05, 0.1) is 0 Å². The second kappa shape index (κ2) is 9.56. The molecule has 2 N–H and O–H groups in total. The lowest BCUT2D eigenvalue weighted by Crippen LogP contribution is -2.54. The molecule has 1 aliphatic rings. The Balaban J connectivity index is 1.54. The first kappa shape index (κ1) is 17.8. The molecule has 0 radical (unpaired) electrons. The molecule has 0 aromatic heterocycles. The van der Waals surface area contributed by atoms with Crippen LogP contribution in [0.1, 0.15) is 57.9 Å². The minimum Gasteiger partial charge on any atom is -0.445 e. The number of rotatable bonds is 9. The Labute approximate surface area is 140 Å². The van der Waals surface area contributed by atoms with E-state index in [4.69, 9.17) is 4.74 Å². The highest BCUT2D eigenvalue weighted by Gasteiger charge is 2.31. The van der Waals surface area contributed by atoms with Gasteiger partial charge in [-0.1, -0.05) is 56.5 Å². The molecule has 0 bridgehead atoms. The molecular weight excluding hydrogens is 288 g/mol. The first-order chi connectivity index (χ1) is 11.2. The van der Waals surface area contributed by atoms with Crippen LogP contribution < -0.4 is 10.6 Å². The van der Waals surface area contributed by atoms with Gasteiger partial charge in [-0.25, -0.2) is 4.79 Å². The third kappa shape index (κ3) is 6.61. The largest absolute Gasteiger partial charge is 0.445 e. The van der Waals surface area contributed by atoms with Gasteiger partial charge in [0.15, 0.2) is 0 Å². The maximum absolute atomic E-state index is 11.8. The zero-order chi connectivity index (χ0) is 16.5. The fraction of sp³-hybridized carbons (Fsp3) is 0.632. The van der Waals surface area contributed by atoms with Gasteiger partial charge in [-0.15, -0.1) is 0 Å². The molecule has 4 nitrogen and oxygen atoms in total. The summed E-state index contributed by atoms with van der Waals surface area (Å²) in [5.41, 5.74) is 1.01. The van der Waals surface area contributed by atoms with E-state index in [9.17, 15) is 4.79 Å². The number of carbonyl (C=O) groups excluding carboxylic acids is 1. The number of benzene rings is 1. The molecule has 0 heterocycles. The van der Waals surface area contributed by atoms with E-state index in [1.165, 1.54) is 25.7 Å². The van der Waals surface area contributed by atoms with Crippen LogP contribution in [0.2, 0.25) is 0 Å². The van der Waals surface area contributed by atoms with Gasteiger partial charge in [0.25, 0.3) is 0 Å². The van der Waals surface area contributed by atoms with Crippen molar-refractivity contribution in [1.29, 1.82) is 0 Å². The SMILES string of the molecule is CCCCCC(C)NC1CC(NC(=O)OCc2ccccc2)C1. The molecular formula is C19H30N2O2. The molecule has 0 aliphatic heterocycles. The Hall–Kier alpha value is -1.55. The van der Waals surface area contributed by atoms with Crippen molar-refractivity contribution in [2.24, 2.45) is 0 Å². The zero-order valence-corrected chi connectivity index (χ0v) is 14.4. The lowest BCUT2D eigenvalue weighted by molar-refractivity contribution is 0.124. The minimum atomic E-state index is -0.312. The van der Waals surface area contributed by atoms with Crippen molar-refractivity contribution in [2.75, 3.05) is 0 Å². The standard InChI is InChI=1S/C19H30N2O2/c1-3-4-6-9-15(2)20-17-12-18(13-17)21-19(22)23-14-16-10-7-5-8-11-16/h5,7-8,10-11,15,17-18,20H,3-4,6,9,12-14H2,1-2H3,(H,21,22). The third-order valence-corrected chi connectivity index (χ3v) is 4.43. The molecule has 0 saturated heterocycles. The summed E-state index contributed by atoms with van der Waals surface area (Å²) in [6.45, 7) is 4.82. The summed E-state index contributed by atoms with van der Waals surface area (Å²) in [6, 6.07) is 11.1. The van der Waals surface area contributed by atoms with Crippen molar-refractivity contribution in [3.8, 4) is 0 Å². The summed E-state index contributed by atoms with van der Waals surface area (Å²) in [5, 5.41) is 6.59. The Morgan fingerprint density at radius 3 is 2.65 bits per heavy atom. The quantitative estimate of drug-likeness (QED) is 0.677. The topological polar surface area (TPSA) is 50.4 Å². The summed E-state index contributed by atoms with van der Waals surface area (Å²) >= 11 is 0. The van der Waals surface area contributed by atoms with Crippen LogP contribution in [0.15, 0.2) is 30.3 Å². The van der Waals surface area contributed by atoms with Gasteiger partial charge >= 0.3 is 6.09 Å². The summed E-state index contributed by atoms with van der Waals surface area (Å²) < 4.78 is 5.25. The van der Waals surface area contributed by atoms with Crippen molar-refractivity contribution in [3.05, 3.63) is 35.9 Å². The van der Waals surface area contributed by atoms with Crippen LogP contribution >= 0.6 is 0 Å². The van der Waals surface area contributed by atoms with Gasteiger partial charge in [0.1, 0.15) is 6.61 Å². The van der Waals surface area contributed by atoms with Gasteiger partial charge in [-0.2, -0.15) is 0 Å². The second-order valence-corrected chi connectivity index (χ2v) is 6.63. The molecule has 1 fully saturated rings. The van der Waals surface area contributed by atoms with E-state index in [1.54, 1.807) is 0 Å². The summed E-state index contributed by atoms with van der Waals surface area (Å²) in [5.74, 6) is 0. The maximum Gasteiger partial charge on any atom is 0.407 e. The average Bonchev–Trinajstić information content (AvgIpc) is 2.52. The lowest BCUT2D eigenvalue weighted by Gasteiger charge is -2.37. The summed E-state index contributed by atoms with van der Waals surface area (Å²) in [4.78, 5) is 11.8. The first-order valence-corrected chi connectivity index (χ1v) is 8.90. The van der Waals surface area contributed by atoms with Gasteiger partial charge in [0, 0.05) is 18.1 Å². The van der Waals surface area contributed by atoms with Crippen molar-refractivity contribution < 1.29 is 9.53 Å². The Morgan fingerprint density at radius 2 is 1.96 bits per heavy atom. The Morgan fingerprint density at radius 1 is 1.22 bits per heavy atom. The maximum atomic E-state index is 11.8. The molecule has 1 aliphatic carbocycles. The smallest absolute Gasteiger partial charge is 0.407 e. The number of ether oxygens (including phenoxy) is 1. The number of alkyl carbamates (subject to hydrolysis) is 1. The van der Waals surface area contributed by atoms with E-state index >= 15 is 0 Å². The van der Waals surface area contributed by atoms with Crippen molar-refractivity contribution in [1.82, 2.24) is 10.6 Å². The minimum absolute atomic E-state index is 0.249. The molecule has 1 unspecified atom stereocenters. The van der Waals surface area contributed by atoms with Crippen LogP contribution in [0.25, 0.3) is 0 Å². The van der Waals surface area contributed by atoms with Gasteiger partial charge in [0.2, 0.25) is 0 Å². The number of unbranched alkanes of at least 4 members (excludes halogenated alkanes) is 2. The number of hydrogen-bond acceptors (Lipinski definition) is 3. The molecule has 23 heavy (non-hydrogen) atoms. The van der Waals surface area contributed by atoms with Gasteiger partial charge in [-0.05, 0) is 31.7 Å². The van der Waals surface area contributed by atoms with E-state index in [-0.39, 0.29) is 12.1 Å². The molecule has 2 rings (SSSR count). The normalized spacial score (nSPS) is 21.3. The van der Waals surface area contributed by atoms with E-state index in [2.05, 4.69) is 24.5 Å². The van der Waals surface area contributed by atoms with E-state index in [0.717, 1.165) is 18.4 Å². The average molecular weight is 318 g/mol. The summed E-state index contributed by atoms with van der Waals surface area (Å²) in [7, 11) is 0. The second-order valence-electron chi connectivity index (χ2n) is 6.63. The highest BCUT2D eigenvalue weighted by molar-refractivity contribution is 5.67. The Bertz CT molecular complexity index is 458. The molecule has 4 heteroatoms. The number of amides is 1. The highest BCUT2D eigenvalue weighted by Crippen LogP contribution is 2.21. The predicted molar refractivity (Wildman–Crippen MR) is 93.3 cm³/mol. The van der Waals surface area contributed by atoms with E-state index in [1.807, 2.05) is 30.3 Å². The Kier molecular flexibility index (Phi) is 7.40. The number of nitrogens with one attached hydrogen (secondary N) is 2. The van der Waals surface area contributed by atoms with Crippen molar-refractivity contribution in [3.63, 3.8) is 0 Å². The fourth-order valence-corrected chi connectivity index (χ4v) is 2.99. The molecule has 1 aromatic rings. The molecule has 0 spiro atoms. The van der Waals surface area contributed by atoms with Crippen LogP contribution in [-0.2, 0) is 11.3 Å². The van der Waals surface area contributed by atoms with Crippen LogP contribution in [0.3, 0.4) is 0 Å². The van der Waals surface area contributed by atoms with Crippen molar-refractivity contribution in [2.45, 2.75) is 77.1 Å². The zero-order valence-electron chi connectivity index (χ0n) is 14.4. The van der Waals surface area contributed by atoms with Crippen LogP contribution in [0, 0.1) is 0 Å². The van der Waals surface area contributed by atoms with Gasteiger partial charge in [-0.3, -0.25) is 0 Å². The van der Waals surface area contributed by atoms with Crippen molar-refractivity contribution >= 4 is 6.09 Å². The lowest BCUT2D eigenvalue weighted by atomic mass is 9.86. The van der Waals surface area contributed by atoms with E-state index in [0.29, 0.717) is 18.7 Å². The van der Waals surface area contributed by atoms with Crippen LogP contribution in [0.4, 0.5) is 4.79 Å². The monoisotopic (exact) mass is 318 g/mol. The fourth-order valence-electron chi connectivity index (χ4n) is 2.99. The number of carbonyl (C=O) groups is 1. The third-order valence-electron chi connectivity index (χ3n) is 4.43. The number of hydrogen-bond donors (Lipinski definition) is 2. The van der Waals surface area contributed by atoms with E-state index < -0.39 is 0 Å².